The molecule has 0 fully saturated rings. The van der Waals surface area contributed by atoms with Crippen LogP contribution < -0.4 is 0 Å². The van der Waals surface area contributed by atoms with E-state index in [1.165, 1.54) is 6.07 Å². The highest BCUT2D eigenvalue weighted by Gasteiger charge is 2.02. The van der Waals surface area contributed by atoms with Crippen molar-refractivity contribution in [2.75, 3.05) is 0 Å². The Bertz CT molecular complexity index is 287. The minimum atomic E-state index is -2.62. The van der Waals surface area contributed by atoms with Crippen LogP contribution in [0.25, 0.3) is 0 Å². The number of aromatic hydroxyl groups is 2. The minimum absolute atomic E-state index is 0.0225. The zero-order valence-corrected chi connectivity index (χ0v) is 9.22. The molecule has 86 valence electrons. The summed E-state index contributed by atoms with van der Waals surface area (Å²) in [4.78, 5) is 21.7. The average Bonchev–Trinajstić information content (AvgIpc) is 2.12. The van der Waals surface area contributed by atoms with E-state index in [1.54, 1.807) is 6.07 Å². The third kappa shape index (κ3) is 6.25. The Morgan fingerprint density at radius 2 is 1.67 bits per heavy atom. The van der Waals surface area contributed by atoms with Gasteiger partial charge in [-0.05, 0) is 18.1 Å². The van der Waals surface area contributed by atoms with Crippen LogP contribution >= 0.6 is 8.60 Å². The fraction of sp³-hybridized carbons (Fsp3) is 0.333. The van der Waals surface area contributed by atoms with Crippen molar-refractivity contribution in [3.8, 4) is 11.5 Å². The molecule has 0 aromatic heterocycles. The van der Waals surface area contributed by atoms with Gasteiger partial charge in [-0.1, -0.05) is 25.5 Å². The molecule has 1 rings (SSSR count). The predicted molar refractivity (Wildman–Crippen MR) is 57.3 cm³/mol. The number of aryl methyl sites for hydroxylation is 1. The highest BCUT2D eigenvalue weighted by atomic mass is 31.2. The van der Waals surface area contributed by atoms with Crippen molar-refractivity contribution in [3.05, 3.63) is 23.8 Å². The van der Waals surface area contributed by atoms with Crippen LogP contribution in [-0.2, 0) is 6.42 Å². The third-order valence-corrected chi connectivity index (χ3v) is 1.62. The Labute approximate surface area is 89.3 Å². The molecule has 6 heteroatoms. The maximum atomic E-state index is 9.28. The maximum Gasteiger partial charge on any atom is 0.324 e. The zero-order valence-electron chi connectivity index (χ0n) is 8.33. The van der Waals surface area contributed by atoms with Crippen LogP contribution in [0.15, 0.2) is 18.2 Å². The minimum Gasteiger partial charge on any atom is -0.504 e. The molecule has 0 heterocycles. The maximum absolute atomic E-state index is 9.28. The van der Waals surface area contributed by atoms with E-state index >= 15 is 0 Å². The first-order chi connectivity index (χ1) is 6.99. The Hall–Kier alpha value is -0.870. The fourth-order valence-electron chi connectivity index (χ4n) is 1.05. The van der Waals surface area contributed by atoms with Crippen LogP contribution in [-0.4, -0.2) is 24.9 Å². The summed E-state index contributed by atoms with van der Waals surface area (Å²) in [5, 5.41) is 18.4. The van der Waals surface area contributed by atoms with Crippen molar-refractivity contribution in [2.24, 2.45) is 0 Å². The Balaban J connectivity index is 0.000000423. The normalized spacial score (nSPS) is 9.67. The van der Waals surface area contributed by atoms with E-state index in [-0.39, 0.29) is 11.5 Å². The van der Waals surface area contributed by atoms with E-state index in [0.717, 1.165) is 18.4 Å². The van der Waals surface area contributed by atoms with Gasteiger partial charge in [-0.15, -0.1) is 0 Å². The van der Waals surface area contributed by atoms with Crippen molar-refractivity contribution < 1.29 is 24.9 Å². The van der Waals surface area contributed by atoms with Gasteiger partial charge in [-0.2, -0.15) is 0 Å². The van der Waals surface area contributed by atoms with Gasteiger partial charge in [-0.25, -0.2) is 0 Å². The first-order valence-electron chi connectivity index (χ1n) is 4.35. The van der Waals surface area contributed by atoms with Gasteiger partial charge in [0.25, 0.3) is 0 Å². The number of rotatable bonds is 2. The van der Waals surface area contributed by atoms with Crippen LogP contribution in [0.2, 0.25) is 0 Å². The summed E-state index contributed by atoms with van der Waals surface area (Å²) in [5.74, 6) is -0.00898. The fourth-order valence-corrected chi connectivity index (χ4v) is 1.05. The molecular formula is C9H15O5P. The molecule has 1 aromatic rings. The van der Waals surface area contributed by atoms with Crippen molar-refractivity contribution in [2.45, 2.75) is 19.8 Å². The molecule has 0 amide bonds. The number of phenols is 2. The Kier molecular flexibility index (Phi) is 6.99. The lowest BCUT2D eigenvalue weighted by Crippen LogP contribution is -1.83. The number of benzene rings is 1. The van der Waals surface area contributed by atoms with Gasteiger partial charge in [0.15, 0.2) is 11.5 Å². The third-order valence-electron chi connectivity index (χ3n) is 1.62. The largest absolute Gasteiger partial charge is 0.504 e. The summed E-state index contributed by atoms with van der Waals surface area (Å²) in [7, 11) is -2.62. The van der Waals surface area contributed by atoms with Crippen LogP contribution in [0.4, 0.5) is 0 Å². The summed E-state index contributed by atoms with van der Waals surface area (Å²) in [5.41, 5.74) is 0.813. The van der Waals surface area contributed by atoms with Gasteiger partial charge < -0.3 is 24.9 Å². The van der Waals surface area contributed by atoms with E-state index in [1.807, 2.05) is 13.0 Å². The topological polar surface area (TPSA) is 101 Å². The lowest BCUT2D eigenvalue weighted by Gasteiger charge is -2.03. The summed E-state index contributed by atoms with van der Waals surface area (Å²) in [6, 6.07) is 5.03. The number of hydrogen-bond donors (Lipinski definition) is 5. The Morgan fingerprint density at radius 1 is 1.13 bits per heavy atom. The molecule has 0 aliphatic carbocycles. The van der Waals surface area contributed by atoms with Gasteiger partial charge in [0.05, 0.1) is 0 Å². The molecule has 0 saturated carbocycles. The van der Waals surface area contributed by atoms with Gasteiger partial charge in [0, 0.05) is 0 Å². The second kappa shape index (κ2) is 7.43. The lowest BCUT2D eigenvalue weighted by atomic mass is 10.1. The van der Waals surface area contributed by atoms with Crippen LogP contribution in [0.1, 0.15) is 18.9 Å². The molecule has 5 nitrogen and oxygen atoms in total. The van der Waals surface area contributed by atoms with E-state index in [0.29, 0.717) is 0 Å². The smallest absolute Gasteiger partial charge is 0.324 e. The van der Waals surface area contributed by atoms with Crippen LogP contribution in [0.5, 0.6) is 11.5 Å². The molecule has 0 bridgehead atoms. The molecular weight excluding hydrogens is 219 g/mol. The highest BCUT2D eigenvalue weighted by molar-refractivity contribution is 7.38. The van der Waals surface area contributed by atoms with E-state index < -0.39 is 8.60 Å². The van der Waals surface area contributed by atoms with Crippen molar-refractivity contribution in [1.82, 2.24) is 0 Å². The van der Waals surface area contributed by atoms with E-state index in [2.05, 4.69) is 0 Å². The number of hydrogen-bond acceptors (Lipinski definition) is 5. The average molecular weight is 234 g/mol. The molecule has 0 aliphatic rings. The molecule has 0 atom stereocenters. The highest BCUT2D eigenvalue weighted by Crippen LogP contribution is 2.28. The van der Waals surface area contributed by atoms with Gasteiger partial charge in [-0.3, -0.25) is 0 Å². The molecule has 5 N–H and O–H groups in total. The summed E-state index contributed by atoms with van der Waals surface area (Å²) >= 11 is 0. The molecule has 0 spiro atoms. The first-order valence-corrected chi connectivity index (χ1v) is 5.55. The number of phenolic OH excluding ortho intramolecular Hbond substituents is 2. The molecule has 0 radical (unpaired) electrons. The summed E-state index contributed by atoms with van der Waals surface area (Å²) in [6.45, 7) is 2.03. The van der Waals surface area contributed by atoms with Crippen LogP contribution in [0.3, 0.4) is 0 Å². The first kappa shape index (κ1) is 14.1. The van der Waals surface area contributed by atoms with Gasteiger partial charge in [0.2, 0.25) is 0 Å². The summed E-state index contributed by atoms with van der Waals surface area (Å²) < 4.78 is 0. The van der Waals surface area contributed by atoms with Gasteiger partial charge in [0.1, 0.15) is 0 Å². The molecule has 0 saturated heterocycles. The second-order valence-corrected chi connectivity index (χ2v) is 3.34. The van der Waals surface area contributed by atoms with Crippen molar-refractivity contribution in [3.63, 3.8) is 0 Å². The Morgan fingerprint density at radius 3 is 2.13 bits per heavy atom. The zero-order chi connectivity index (χ0) is 11.8. The predicted octanol–water partition coefficient (Wildman–Crippen LogP) is 1.24. The summed E-state index contributed by atoms with van der Waals surface area (Å²) in [6.07, 6.45) is 1.78. The SMILES string of the molecule is CCCc1cccc(O)c1O.OP(O)O. The van der Waals surface area contributed by atoms with E-state index in [4.69, 9.17) is 19.8 Å². The standard InChI is InChI=1S/C9H12O2.H3O3P/c1-2-4-7-5-3-6-8(10)9(7)11;1-4(2)3/h3,5-6,10-11H,2,4H2,1H3;1-3H. The van der Waals surface area contributed by atoms with Crippen molar-refractivity contribution >= 4 is 8.60 Å². The quantitative estimate of drug-likeness (QED) is 0.391. The van der Waals surface area contributed by atoms with E-state index in [9.17, 15) is 5.11 Å². The lowest BCUT2D eigenvalue weighted by molar-refractivity contribution is 0.368. The molecule has 0 unspecified atom stereocenters. The second-order valence-electron chi connectivity index (χ2n) is 2.80. The monoisotopic (exact) mass is 234 g/mol. The van der Waals surface area contributed by atoms with Crippen LogP contribution in [0, 0.1) is 0 Å². The van der Waals surface area contributed by atoms with Crippen molar-refractivity contribution in [1.29, 1.82) is 0 Å². The molecule has 1 aromatic carbocycles. The molecule has 0 aliphatic heterocycles. The number of para-hydroxylation sites is 1. The molecule has 15 heavy (non-hydrogen) atoms. The van der Waals surface area contributed by atoms with Gasteiger partial charge >= 0.3 is 8.60 Å².